The van der Waals surface area contributed by atoms with E-state index in [1.165, 1.54) is 12.1 Å². The van der Waals surface area contributed by atoms with Gasteiger partial charge in [-0.15, -0.1) is 0 Å². The molecule has 2 aromatic carbocycles. The molecule has 1 amide bonds. The minimum absolute atomic E-state index is 0.100. The number of rotatable bonds is 2. The maximum absolute atomic E-state index is 13.2. The molecule has 0 unspecified atom stereocenters. The van der Waals surface area contributed by atoms with E-state index in [1.54, 1.807) is 12.1 Å². The van der Waals surface area contributed by atoms with Crippen LogP contribution in [-0.2, 0) is 0 Å². The van der Waals surface area contributed by atoms with Gasteiger partial charge in [0.15, 0.2) is 0 Å². The summed E-state index contributed by atoms with van der Waals surface area (Å²) >= 11 is -0.180. The number of nitrogen functional groups attached to an aromatic ring is 1. The van der Waals surface area contributed by atoms with Gasteiger partial charge < -0.3 is 0 Å². The second-order valence-corrected chi connectivity index (χ2v) is 5.23. The number of carbonyl (C=O) groups is 1. The van der Waals surface area contributed by atoms with Crippen LogP contribution in [0, 0.1) is 5.82 Å². The van der Waals surface area contributed by atoms with Crippen LogP contribution in [0.4, 0.5) is 15.8 Å². The van der Waals surface area contributed by atoms with Gasteiger partial charge in [-0.2, -0.15) is 0 Å². The summed E-state index contributed by atoms with van der Waals surface area (Å²) in [5.41, 5.74) is 7.99. The van der Waals surface area contributed by atoms with Crippen LogP contribution in [0.2, 0.25) is 0 Å². The number of anilines is 2. The van der Waals surface area contributed by atoms with Crippen molar-refractivity contribution in [1.82, 2.24) is 7.96 Å². The molecule has 0 saturated carbocycles. The van der Waals surface area contributed by atoms with Gasteiger partial charge in [-0.3, -0.25) is 0 Å². The minimum atomic E-state index is -0.509. The predicted octanol–water partition coefficient (Wildman–Crippen LogP) is 1.66. The number of carbonyl (C=O) groups excluding carboxylic acids is 1. The molecule has 1 aromatic heterocycles. The number of nitrogens with zero attached hydrogens (tertiary/aromatic N) is 2. The van der Waals surface area contributed by atoms with Gasteiger partial charge >= 0.3 is 119 Å². The first-order valence-electron chi connectivity index (χ1n) is 5.73. The van der Waals surface area contributed by atoms with Crippen molar-refractivity contribution in [3.05, 3.63) is 47.8 Å². The standard InChI is InChI=1S/C13H9FN4OSe/c14-7-4-5-9(15)8(6-7)13(19)16-10-2-1-3-11-12(10)18-20-17-11/h1-6H,15H2,(H,16,19). The first-order valence-corrected chi connectivity index (χ1v) is 7.26. The van der Waals surface area contributed by atoms with Gasteiger partial charge in [-0.05, 0) is 0 Å². The summed E-state index contributed by atoms with van der Waals surface area (Å²) in [5, 5.41) is 2.70. The van der Waals surface area contributed by atoms with E-state index in [4.69, 9.17) is 5.73 Å². The van der Waals surface area contributed by atoms with Crippen molar-refractivity contribution in [2.24, 2.45) is 0 Å². The Morgan fingerprint density at radius 3 is 2.95 bits per heavy atom. The summed E-state index contributed by atoms with van der Waals surface area (Å²) in [7, 11) is 0. The molecule has 7 heteroatoms. The number of halogens is 1. The van der Waals surface area contributed by atoms with Gasteiger partial charge in [0, 0.05) is 0 Å². The van der Waals surface area contributed by atoms with Crippen molar-refractivity contribution < 1.29 is 9.18 Å². The molecule has 3 aromatic rings. The topological polar surface area (TPSA) is 80.9 Å². The third-order valence-corrected chi connectivity index (χ3v) is 3.93. The second-order valence-electron chi connectivity index (χ2n) is 4.12. The summed E-state index contributed by atoms with van der Waals surface area (Å²) in [4.78, 5) is 12.2. The number of nitrogens with two attached hydrogens (primary N) is 1. The molecule has 3 rings (SSSR count). The van der Waals surface area contributed by atoms with E-state index < -0.39 is 11.7 Å². The maximum atomic E-state index is 13.2. The molecule has 0 aliphatic rings. The Hall–Kier alpha value is -2.24. The molecule has 5 nitrogen and oxygen atoms in total. The summed E-state index contributed by atoms with van der Waals surface area (Å²) < 4.78 is 21.7. The van der Waals surface area contributed by atoms with Crippen LogP contribution < -0.4 is 11.1 Å². The van der Waals surface area contributed by atoms with Gasteiger partial charge in [0.25, 0.3) is 0 Å². The van der Waals surface area contributed by atoms with E-state index in [-0.39, 0.29) is 26.2 Å². The Morgan fingerprint density at radius 1 is 1.25 bits per heavy atom. The normalized spacial score (nSPS) is 10.7. The second kappa shape index (κ2) is 5.03. The Kier molecular flexibility index (Phi) is 3.21. The number of hydrogen-bond donors (Lipinski definition) is 2. The first kappa shape index (κ1) is 12.8. The summed E-state index contributed by atoms with van der Waals surface area (Å²) in [5.74, 6) is -0.976. The molecule has 0 aliphatic carbocycles. The summed E-state index contributed by atoms with van der Waals surface area (Å²) in [6.07, 6.45) is 0. The third kappa shape index (κ3) is 2.29. The van der Waals surface area contributed by atoms with E-state index in [0.29, 0.717) is 11.2 Å². The summed E-state index contributed by atoms with van der Waals surface area (Å²) in [6, 6.07) is 9.03. The number of amides is 1. The number of hydrogen-bond acceptors (Lipinski definition) is 4. The van der Waals surface area contributed by atoms with E-state index in [1.807, 2.05) is 6.07 Å². The van der Waals surface area contributed by atoms with Gasteiger partial charge in [0.2, 0.25) is 0 Å². The van der Waals surface area contributed by atoms with E-state index in [0.717, 1.165) is 11.6 Å². The zero-order chi connectivity index (χ0) is 14.1. The van der Waals surface area contributed by atoms with Crippen molar-refractivity contribution in [2.75, 3.05) is 11.1 Å². The average Bonchev–Trinajstić information content (AvgIpc) is 2.91. The van der Waals surface area contributed by atoms with E-state index in [9.17, 15) is 9.18 Å². The fourth-order valence-corrected chi connectivity index (χ4v) is 2.98. The Morgan fingerprint density at radius 2 is 2.10 bits per heavy atom. The number of benzene rings is 2. The molecule has 0 spiro atoms. The van der Waals surface area contributed by atoms with Gasteiger partial charge in [0.05, 0.1) is 0 Å². The fraction of sp³-hybridized carbons (Fsp3) is 0. The Bertz CT molecular complexity index is 802. The fourth-order valence-electron chi connectivity index (χ4n) is 1.82. The zero-order valence-corrected chi connectivity index (χ0v) is 11.8. The molecular formula is C13H9FN4OSe. The van der Waals surface area contributed by atoms with Crippen molar-refractivity contribution in [3.63, 3.8) is 0 Å². The molecular weight excluding hydrogens is 326 g/mol. The van der Waals surface area contributed by atoms with E-state index >= 15 is 0 Å². The van der Waals surface area contributed by atoms with Crippen LogP contribution in [0.25, 0.3) is 11.0 Å². The first-order chi connectivity index (χ1) is 9.65. The van der Waals surface area contributed by atoms with Crippen LogP contribution in [0.15, 0.2) is 36.4 Å². The quantitative estimate of drug-likeness (QED) is 0.551. The van der Waals surface area contributed by atoms with Crippen molar-refractivity contribution in [3.8, 4) is 0 Å². The SMILES string of the molecule is Nc1ccc(F)cc1C(=O)Nc1cccc2n[se]nc12. The molecule has 0 saturated heterocycles. The Balaban J connectivity index is 1.96. The van der Waals surface area contributed by atoms with E-state index in [2.05, 4.69) is 13.3 Å². The van der Waals surface area contributed by atoms with Crippen LogP contribution in [-0.4, -0.2) is 28.8 Å². The number of fused-ring (bicyclic) bond motifs is 1. The molecule has 0 fully saturated rings. The number of nitrogens with one attached hydrogen (secondary N) is 1. The van der Waals surface area contributed by atoms with Crippen molar-refractivity contribution in [2.45, 2.75) is 0 Å². The van der Waals surface area contributed by atoms with Gasteiger partial charge in [-0.25, -0.2) is 0 Å². The van der Waals surface area contributed by atoms with Crippen molar-refractivity contribution in [1.29, 1.82) is 0 Å². The molecule has 0 radical (unpaired) electrons. The Labute approximate surface area is 119 Å². The predicted molar refractivity (Wildman–Crippen MR) is 75.2 cm³/mol. The molecule has 1 heterocycles. The monoisotopic (exact) mass is 336 g/mol. The van der Waals surface area contributed by atoms with Crippen LogP contribution in [0.3, 0.4) is 0 Å². The molecule has 3 N–H and O–H groups in total. The summed E-state index contributed by atoms with van der Waals surface area (Å²) in [6.45, 7) is 0. The molecule has 100 valence electrons. The molecule has 0 aliphatic heterocycles. The molecule has 20 heavy (non-hydrogen) atoms. The molecule has 0 atom stereocenters. The van der Waals surface area contributed by atoms with Crippen LogP contribution in [0.1, 0.15) is 10.4 Å². The zero-order valence-electron chi connectivity index (χ0n) is 10.1. The van der Waals surface area contributed by atoms with Crippen LogP contribution >= 0.6 is 0 Å². The van der Waals surface area contributed by atoms with Crippen molar-refractivity contribution >= 4 is 43.3 Å². The average molecular weight is 335 g/mol. The number of aromatic nitrogens is 2. The van der Waals surface area contributed by atoms with Gasteiger partial charge in [0.1, 0.15) is 0 Å². The van der Waals surface area contributed by atoms with Crippen LogP contribution in [0.5, 0.6) is 0 Å². The third-order valence-electron chi connectivity index (χ3n) is 2.79. The van der Waals surface area contributed by atoms with Gasteiger partial charge in [-0.1, -0.05) is 0 Å². The molecule has 0 bridgehead atoms.